The molecular formula is C14H24O2. The first-order valence-corrected chi connectivity index (χ1v) is 6.40. The zero-order valence-electron chi connectivity index (χ0n) is 10.8. The predicted molar refractivity (Wildman–Crippen MR) is 65.0 cm³/mol. The molecule has 5 atom stereocenters. The molecule has 2 aliphatic rings. The Morgan fingerprint density at radius 2 is 1.88 bits per heavy atom. The molecule has 0 aromatic carbocycles. The van der Waals surface area contributed by atoms with Crippen LogP contribution in [-0.4, -0.2) is 21.9 Å². The molecule has 3 unspecified atom stereocenters. The summed E-state index contributed by atoms with van der Waals surface area (Å²) >= 11 is 0. The van der Waals surface area contributed by atoms with Crippen molar-refractivity contribution in [3.63, 3.8) is 0 Å². The molecule has 1 saturated carbocycles. The highest BCUT2D eigenvalue weighted by atomic mass is 16.3. The lowest BCUT2D eigenvalue weighted by Crippen LogP contribution is -2.49. The standard InChI is InChI=1S/C14H24O2/c1-9-10(2)14(4,16)8-11-7-12(15)5-6-13(9,11)3/h8-10,12,15-16H,5-7H2,1-4H3/t9?,10?,12-,13+,14?/m0/s1. The van der Waals surface area contributed by atoms with Crippen molar-refractivity contribution < 1.29 is 10.2 Å². The minimum absolute atomic E-state index is 0.181. The van der Waals surface area contributed by atoms with Crippen molar-refractivity contribution in [2.45, 2.75) is 58.7 Å². The van der Waals surface area contributed by atoms with E-state index in [2.05, 4.69) is 20.8 Å². The summed E-state index contributed by atoms with van der Waals surface area (Å²) in [7, 11) is 0. The summed E-state index contributed by atoms with van der Waals surface area (Å²) in [6.07, 6.45) is 4.48. The van der Waals surface area contributed by atoms with Gasteiger partial charge in [-0.05, 0) is 43.4 Å². The number of rotatable bonds is 0. The van der Waals surface area contributed by atoms with Gasteiger partial charge in [-0.25, -0.2) is 0 Å². The van der Waals surface area contributed by atoms with Gasteiger partial charge in [0.25, 0.3) is 0 Å². The van der Waals surface area contributed by atoms with Gasteiger partial charge in [0.2, 0.25) is 0 Å². The van der Waals surface area contributed by atoms with E-state index in [1.807, 2.05) is 13.0 Å². The summed E-state index contributed by atoms with van der Waals surface area (Å²) in [6.45, 7) is 8.56. The zero-order valence-corrected chi connectivity index (χ0v) is 10.8. The summed E-state index contributed by atoms with van der Waals surface area (Å²) in [6, 6.07) is 0. The van der Waals surface area contributed by atoms with E-state index in [1.165, 1.54) is 5.57 Å². The number of aliphatic hydroxyl groups excluding tert-OH is 1. The quantitative estimate of drug-likeness (QED) is 0.621. The van der Waals surface area contributed by atoms with Crippen LogP contribution in [-0.2, 0) is 0 Å². The lowest BCUT2D eigenvalue weighted by molar-refractivity contribution is -0.0343. The van der Waals surface area contributed by atoms with E-state index in [9.17, 15) is 10.2 Å². The Labute approximate surface area is 98.4 Å². The van der Waals surface area contributed by atoms with Gasteiger partial charge in [-0.15, -0.1) is 0 Å². The fourth-order valence-electron chi connectivity index (χ4n) is 3.50. The molecule has 2 rings (SSSR count). The SMILES string of the molecule is CC1C(C)[C@@]2(C)CC[C@H](O)CC2=CC1(C)O. The van der Waals surface area contributed by atoms with Gasteiger partial charge in [0, 0.05) is 0 Å². The number of hydrogen-bond donors (Lipinski definition) is 2. The van der Waals surface area contributed by atoms with E-state index >= 15 is 0 Å². The molecule has 0 radical (unpaired) electrons. The highest BCUT2D eigenvalue weighted by Crippen LogP contribution is 2.54. The van der Waals surface area contributed by atoms with Crippen molar-refractivity contribution in [3.05, 3.63) is 11.6 Å². The van der Waals surface area contributed by atoms with Crippen LogP contribution in [0.3, 0.4) is 0 Å². The largest absolute Gasteiger partial charge is 0.393 e. The van der Waals surface area contributed by atoms with Crippen LogP contribution in [0.5, 0.6) is 0 Å². The smallest absolute Gasteiger partial charge is 0.0830 e. The van der Waals surface area contributed by atoms with Gasteiger partial charge in [0.15, 0.2) is 0 Å². The van der Waals surface area contributed by atoms with E-state index in [4.69, 9.17) is 0 Å². The van der Waals surface area contributed by atoms with Crippen molar-refractivity contribution in [3.8, 4) is 0 Å². The Balaban J connectivity index is 2.42. The lowest BCUT2D eigenvalue weighted by atomic mass is 9.54. The average molecular weight is 224 g/mol. The molecule has 0 amide bonds. The van der Waals surface area contributed by atoms with Crippen LogP contribution in [0.1, 0.15) is 47.0 Å². The molecule has 0 aromatic heterocycles. The normalized spacial score (nSPS) is 53.1. The third kappa shape index (κ3) is 1.63. The molecule has 2 nitrogen and oxygen atoms in total. The highest BCUT2D eigenvalue weighted by Gasteiger charge is 2.49. The van der Waals surface area contributed by atoms with E-state index in [0.29, 0.717) is 5.92 Å². The van der Waals surface area contributed by atoms with Crippen LogP contribution in [0.2, 0.25) is 0 Å². The maximum absolute atomic E-state index is 10.4. The number of aliphatic hydroxyl groups is 2. The Kier molecular flexibility index (Phi) is 2.71. The summed E-state index contributed by atoms with van der Waals surface area (Å²) < 4.78 is 0. The fraction of sp³-hybridized carbons (Fsp3) is 0.857. The van der Waals surface area contributed by atoms with Crippen molar-refractivity contribution in [2.75, 3.05) is 0 Å². The molecule has 0 aromatic rings. The zero-order chi connectivity index (χ0) is 12.1. The van der Waals surface area contributed by atoms with Crippen molar-refractivity contribution >= 4 is 0 Å². The van der Waals surface area contributed by atoms with Crippen LogP contribution in [0, 0.1) is 17.3 Å². The molecule has 0 heterocycles. The van der Waals surface area contributed by atoms with Crippen LogP contribution in [0.4, 0.5) is 0 Å². The van der Waals surface area contributed by atoms with Gasteiger partial charge >= 0.3 is 0 Å². The van der Waals surface area contributed by atoms with Crippen molar-refractivity contribution in [1.29, 1.82) is 0 Å². The molecule has 16 heavy (non-hydrogen) atoms. The second-order valence-corrected chi connectivity index (χ2v) is 6.29. The highest BCUT2D eigenvalue weighted by molar-refractivity contribution is 5.27. The summed E-state index contributed by atoms with van der Waals surface area (Å²) in [5, 5.41) is 20.2. The third-order valence-corrected chi connectivity index (χ3v) is 5.33. The molecule has 0 bridgehead atoms. The first kappa shape index (κ1) is 12.1. The van der Waals surface area contributed by atoms with E-state index in [0.717, 1.165) is 19.3 Å². The Morgan fingerprint density at radius 3 is 2.50 bits per heavy atom. The van der Waals surface area contributed by atoms with Gasteiger partial charge in [0.05, 0.1) is 11.7 Å². The maximum atomic E-state index is 10.4. The topological polar surface area (TPSA) is 40.5 Å². The van der Waals surface area contributed by atoms with Gasteiger partial charge < -0.3 is 10.2 Å². The monoisotopic (exact) mass is 224 g/mol. The van der Waals surface area contributed by atoms with Crippen molar-refractivity contribution in [1.82, 2.24) is 0 Å². The third-order valence-electron chi connectivity index (χ3n) is 5.33. The van der Waals surface area contributed by atoms with Gasteiger partial charge in [-0.1, -0.05) is 32.4 Å². The summed E-state index contributed by atoms with van der Waals surface area (Å²) in [5.41, 5.74) is 0.730. The lowest BCUT2D eigenvalue weighted by Gasteiger charge is -2.52. The second-order valence-electron chi connectivity index (χ2n) is 6.29. The first-order chi connectivity index (χ1) is 7.27. The molecule has 0 spiro atoms. The van der Waals surface area contributed by atoms with Gasteiger partial charge in [-0.2, -0.15) is 0 Å². The minimum Gasteiger partial charge on any atom is -0.393 e. The van der Waals surface area contributed by atoms with E-state index < -0.39 is 5.60 Å². The summed E-state index contributed by atoms with van der Waals surface area (Å²) in [5.74, 6) is 0.742. The molecule has 92 valence electrons. The molecule has 0 saturated heterocycles. The number of hydrogen-bond acceptors (Lipinski definition) is 2. The van der Waals surface area contributed by atoms with Crippen LogP contribution < -0.4 is 0 Å². The minimum atomic E-state index is -0.717. The molecule has 0 aliphatic heterocycles. The fourth-order valence-corrected chi connectivity index (χ4v) is 3.50. The summed E-state index contributed by atoms with van der Waals surface area (Å²) in [4.78, 5) is 0. The Morgan fingerprint density at radius 1 is 1.25 bits per heavy atom. The molecule has 2 N–H and O–H groups in total. The molecule has 1 fully saturated rings. The molecule has 2 heteroatoms. The predicted octanol–water partition coefficient (Wildman–Crippen LogP) is 2.50. The average Bonchev–Trinajstić information content (AvgIpc) is 2.19. The van der Waals surface area contributed by atoms with Crippen LogP contribution in [0.25, 0.3) is 0 Å². The molecule has 2 aliphatic carbocycles. The second kappa shape index (κ2) is 3.58. The maximum Gasteiger partial charge on any atom is 0.0830 e. The van der Waals surface area contributed by atoms with E-state index in [-0.39, 0.29) is 17.4 Å². The van der Waals surface area contributed by atoms with E-state index in [1.54, 1.807) is 0 Å². The number of fused-ring (bicyclic) bond motifs is 1. The van der Waals surface area contributed by atoms with Crippen LogP contribution in [0.15, 0.2) is 11.6 Å². The van der Waals surface area contributed by atoms with Crippen molar-refractivity contribution in [2.24, 2.45) is 17.3 Å². The Bertz CT molecular complexity index is 319. The first-order valence-electron chi connectivity index (χ1n) is 6.40. The Hall–Kier alpha value is -0.340. The molecular weight excluding hydrogens is 200 g/mol. The van der Waals surface area contributed by atoms with Crippen LogP contribution >= 0.6 is 0 Å². The van der Waals surface area contributed by atoms with Gasteiger partial charge in [0.1, 0.15) is 0 Å². The van der Waals surface area contributed by atoms with Gasteiger partial charge in [-0.3, -0.25) is 0 Å².